The molecule has 1 aromatic carbocycles. The van der Waals surface area contributed by atoms with Crippen molar-refractivity contribution in [1.82, 2.24) is 19.5 Å². The Balaban J connectivity index is 1.82. The highest BCUT2D eigenvalue weighted by Crippen LogP contribution is 2.22. The van der Waals surface area contributed by atoms with Gasteiger partial charge in [-0.2, -0.15) is 0 Å². The fraction of sp³-hybridized carbons (Fsp3) is 0.556. The summed E-state index contributed by atoms with van der Waals surface area (Å²) in [7, 11) is -2.10. The zero-order valence-corrected chi connectivity index (χ0v) is 24.6. The molecule has 0 aliphatic rings. The number of rotatable bonds is 13. The molecular weight excluding hydrogens is 508 g/mol. The lowest BCUT2D eigenvalue weighted by atomic mass is 10.1. The maximum absolute atomic E-state index is 13.4. The molecule has 0 aliphatic heterocycles. The minimum Gasteiger partial charge on any atom is -0.464 e. The number of benzene rings is 1. The van der Waals surface area contributed by atoms with Crippen LogP contribution in [0.1, 0.15) is 49.7 Å². The number of nitrogens with one attached hydrogen (secondary N) is 1. The quantitative estimate of drug-likeness (QED) is 0.329. The summed E-state index contributed by atoms with van der Waals surface area (Å²) >= 11 is 1.58. The van der Waals surface area contributed by atoms with E-state index in [1.807, 2.05) is 13.8 Å². The fourth-order valence-corrected chi connectivity index (χ4v) is 6.75. The van der Waals surface area contributed by atoms with Gasteiger partial charge in [0.25, 0.3) is 0 Å². The molecular formula is C27H40N4O4S2. The highest BCUT2D eigenvalue weighted by molar-refractivity contribution is 7.89. The van der Waals surface area contributed by atoms with E-state index in [9.17, 15) is 13.2 Å². The molecule has 37 heavy (non-hydrogen) atoms. The van der Waals surface area contributed by atoms with Crippen LogP contribution >= 0.6 is 11.3 Å². The summed E-state index contributed by atoms with van der Waals surface area (Å²) in [5.41, 5.74) is 1.55. The number of thiazole rings is 1. The molecule has 1 atom stereocenters. The van der Waals surface area contributed by atoms with Crippen molar-refractivity contribution in [3.63, 3.8) is 0 Å². The Hall–Kier alpha value is -2.27. The smallest absolute Gasteiger partial charge is 0.240 e. The van der Waals surface area contributed by atoms with Crippen LogP contribution in [-0.4, -0.2) is 61.8 Å². The highest BCUT2D eigenvalue weighted by atomic mass is 32.2. The van der Waals surface area contributed by atoms with Crippen LogP contribution in [0.3, 0.4) is 0 Å². The van der Waals surface area contributed by atoms with Gasteiger partial charge in [0, 0.05) is 49.4 Å². The maximum atomic E-state index is 13.4. The van der Waals surface area contributed by atoms with E-state index < -0.39 is 16.1 Å². The molecule has 0 spiro atoms. The van der Waals surface area contributed by atoms with E-state index in [2.05, 4.69) is 42.3 Å². The van der Waals surface area contributed by atoms with Gasteiger partial charge in [-0.25, -0.2) is 18.1 Å². The minimum absolute atomic E-state index is 0.0627. The summed E-state index contributed by atoms with van der Waals surface area (Å²) in [4.78, 5) is 22.9. The number of carbonyl (C=O) groups is 1. The Labute approximate surface area is 225 Å². The predicted octanol–water partition coefficient (Wildman–Crippen LogP) is 4.82. The first-order valence-corrected chi connectivity index (χ1v) is 15.0. The number of sulfonamides is 1. The van der Waals surface area contributed by atoms with Crippen molar-refractivity contribution in [1.29, 1.82) is 0 Å². The monoisotopic (exact) mass is 548 g/mol. The predicted molar refractivity (Wildman–Crippen MR) is 149 cm³/mol. The summed E-state index contributed by atoms with van der Waals surface area (Å²) in [6.45, 7) is 15.0. The van der Waals surface area contributed by atoms with E-state index in [4.69, 9.17) is 4.42 Å². The molecule has 0 bridgehead atoms. The van der Waals surface area contributed by atoms with Crippen molar-refractivity contribution >= 4 is 38.2 Å². The lowest BCUT2D eigenvalue weighted by Crippen LogP contribution is -2.48. The summed E-state index contributed by atoms with van der Waals surface area (Å²) in [6.07, 6.45) is 1.60. The van der Waals surface area contributed by atoms with Gasteiger partial charge in [0.15, 0.2) is 0 Å². The normalized spacial score (nSPS) is 13.2. The second-order valence-corrected chi connectivity index (χ2v) is 13.6. The van der Waals surface area contributed by atoms with Gasteiger partial charge >= 0.3 is 0 Å². The first kappa shape index (κ1) is 29.3. The van der Waals surface area contributed by atoms with Gasteiger partial charge in [0.1, 0.15) is 5.58 Å². The van der Waals surface area contributed by atoms with E-state index in [0.717, 1.165) is 28.7 Å². The molecule has 0 unspecified atom stereocenters. The number of hydrogen-bond acceptors (Lipinski definition) is 7. The fourth-order valence-electron chi connectivity index (χ4n) is 4.50. The topological polar surface area (TPSA) is 95.8 Å². The molecule has 3 aromatic rings. The molecule has 0 radical (unpaired) electrons. The van der Waals surface area contributed by atoms with Crippen LogP contribution in [-0.2, 0) is 21.4 Å². The lowest BCUT2D eigenvalue weighted by Gasteiger charge is -2.31. The number of amides is 1. The molecule has 1 amide bonds. The summed E-state index contributed by atoms with van der Waals surface area (Å²) < 4.78 is 35.1. The lowest BCUT2D eigenvalue weighted by molar-refractivity contribution is -0.130. The molecule has 0 aliphatic carbocycles. The second-order valence-electron chi connectivity index (χ2n) is 10.6. The molecule has 10 heteroatoms. The average molecular weight is 549 g/mol. The number of aromatic nitrogens is 1. The minimum atomic E-state index is -3.86. The second kappa shape index (κ2) is 12.5. The molecule has 2 aromatic heterocycles. The van der Waals surface area contributed by atoms with Crippen molar-refractivity contribution in [2.45, 2.75) is 65.4 Å². The molecule has 8 nitrogen and oxygen atoms in total. The van der Waals surface area contributed by atoms with Crippen molar-refractivity contribution in [2.75, 3.05) is 26.7 Å². The van der Waals surface area contributed by atoms with Gasteiger partial charge in [0.05, 0.1) is 28.4 Å². The third-order valence-corrected chi connectivity index (χ3v) is 8.58. The molecule has 0 saturated heterocycles. The zero-order valence-electron chi connectivity index (χ0n) is 22.9. The van der Waals surface area contributed by atoms with Crippen molar-refractivity contribution < 1.29 is 17.6 Å². The van der Waals surface area contributed by atoms with E-state index >= 15 is 0 Å². The van der Waals surface area contributed by atoms with Gasteiger partial charge in [-0.05, 0) is 49.9 Å². The summed E-state index contributed by atoms with van der Waals surface area (Å²) in [5.74, 6) is 0.711. The number of fused-ring (bicyclic) bond motifs is 1. The number of furan rings is 1. The highest BCUT2D eigenvalue weighted by Gasteiger charge is 2.27. The van der Waals surface area contributed by atoms with Crippen LogP contribution in [0.15, 0.2) is 39.8 Å². The Morgan fingerprint density at radius 3 is 2.35 bits per heavy atom. The summed E-state index contributed by atoms with van der Waals surface area (Å²) in [5, 5.41) is 1.68. The van der Waals surface area contributed by atoms with Crippen LogP contribution < -0.4 is 4.72 Å². The zero-order chi connectivity index (χ0) is 27.3. The third-order valence-electron chi connectivity index (χ3n) is 6.01. The molecule has 3 rings (SSSR count). The SMILES string of the molecule is Cc1nc(C)c(CN(C)C(=O)C[C@@H](CN(CC(C)C)CC(C)C)NS(=O)(=O)c2ccc3occc3c2)s1. The van der Waals surface area contributed by atoms with E-state index in [1.165, 1.54) is 12.3 Å². The van der Waals surface area contributed by atoms with Gasteiger partial charge in [-0.1, -0.05) is 27.7 Å². The van der Waals surface area contributed by atoms with Crippen LogP contribution in [0.4, 0.5) is 0 Å². The number of aryl methyl sites for hydroxylation is 2. The molecule has 1 N–H and O–H groups in total. The van der Waals surface area contributed by atoms with Gasteiger partial charge in [-0.15, -0.1) is 11.3 Å². The van der Waals surface area contributed by atoms with Crippen LogP contribution in [0.2, 0.25) is 0 Å². The van der Waals surface area contributed by atoms with Gasteiger partial charge < -0.3 is 14.2 Å². The van der Waals surface area contributed by atoms with Crippen molar-refractivity contribution in [2.24, 2.45) is 11.8 Å². The number of nitrogens with zero attached hydrogens (tertiary/aromatic N) is 3. The first-order valence-electron chi connectivity index (χ1n) is 12.7. The Kier molecular flexibility index (Phi) is 9.91. The van der Waals surface area contributed by atoms with Crippen molar-refractivity contribution in [3.8, 4) is 0 Å². The first-order chi connectivity index (χ1) is 17.3. The number of hydrogen-bond donors (Lipinski definition) is 1. The summed E-state index contributed by atoms with van der Waals surface area (Å²) in [6, 6.07) is 5.94. The Morgan fingerprint density at radius 1 is 1.08 bits per heavy atom. The largest absolute Gasteiger partial charge is 0.464 e. The molecule has 204 valence electrons. The van der Waals surface area contributed by atoms with Gasteiger partial charge in [-0.3, -0.25) is 4.79 Å². The van der Waals surface area contributed by atoms with Crippen LogP contribution in [0, 0.1) is 25.7 Å². The third kappa shape index (κ3) is 8.36. The van der Waals surface area contributed by atoms with Crippen LogP contribution in [0.25, 0.3) is 11.0 Å². The van der Waals surface area contributed by atoms with E-state index in [-0.39, 0.29) is 17.2 Å². The molecule has 0 fully saturated rings. The standard InChI is InChI=1S/C27H40N4O4S2/c1-18(2)14-31(15-19(3)4)16-23(13-27(32)30(7)17-26-20(5)28-21(6)36-26)29-37(33,34)24-8-9-25-22(12-24)10-11-35-25/h8-12,18-19,23,29H,13-17H2,1-7H3/t23-/m0/s1. The number of carbonyl (C=O) groups excluding carboxylic acids is 1. The van der Waals surface area contributed by atoms with Crippen molar-refractivity contribution in [3.05, 3.63) is 46.1 Å². The Bertz CT molecular complexity index is 1290. The molecule has 0 saturated carbocycles. The van der Waals surface area contributed by atoms with Gasteiger partial charge in [0.2, 0.25) is 15.9 Å². The maximum Gasteiger partial charge on any atom is 0.240 e. The molecule has 2 heterocycles. The van der Waals surface area contributed by atoms with E-state index in [0.29, 0.717) is 35.9 Å². The average Bonchev–Trinajstić information content (AvgIpc) is 3.37. The van der Waals surface area contributed by atoms with Crippen LogP contribution in [0.5, 0.6) is 0 Å². The van der Waals surface area contributed by atoms with E-state index in [1.54, 1.807) is 41.5 Å². The Morgan fingerprint density at radius 2 is 1.76 bits per heavy atom.